The lowest BCUT2D eigenvalue weighted by Crippen LogP contribution is -2.12. The second kappa shape index (κ2) is 3.09. The molecular formula is C10H13N3. The van der Waals surface area contributed by atoms with Gasteiger partial charge in [0.15, 0.2) is 0 Å². The molecule has 3 nitrogen and oxygen atoms in total. The van der Waals surface area contributed by atoms with E-state index in [1.807, 2.05) is 12.1 Å². The van der Waals surface area contributed by atoms with Gasteiger partial charge in [0.1, 0.15) is 5.84 Å². The topological polar surface area (TPSA) is 50.4 Å². The zero-order valence-electron chi connectivity index (χ0n) is 7.62. The first-order valence-electron chi connectivity index (χ1n) is 4.40. The molecule has 0 amide bonds. The fraction of sp³-hybridized carbons (Fsp3) is 0.300. The van der Waals surface area contributed by atoms with Crippen LogP contribution >= 0.6 is 0 Å². The number of aryl methyl sites for hydroxylation is 1. The Labute approximate surface area is 77.6 Å². The Balaban J connectivity index is 2.23. The molecule has 3 heteroatoms. The van der Waals surface area contributed by atoms with Gasteiger partial charge in [-0.05, 0) is 18.1 Å². The van der Waals surface area contributed by atoms with Gasteiger partial charge < -0.3 is 11.2 Å². The zero-order chi connectivity index (χ0) is 9.26. The molecule has 3 N–H and O–H groups in total. The van der Waals surface area contributed by atoms with E-state index in [0.29, 0.717) is 5.84 Å². The van der Waals surface area contributed by atoms with Gasteiger partial charge in [-0.2, -0.15) is 5.10 Å². The van der Waals surface area contributed by atoms with Gasteiger partial charge in [-0.1, -0.05) is 24.3 Å². The van der Waals surface area contributed by atoms with E-state index in [-0.39, 0.29) is 6.04 Å². The highest BCUT2D eigenvalue weighted by Gasteiger charge is 2.18. The Morgan fingerprint density at radius 1 is 1.46 bits per heavy atom. The normalized spacial score (nSPS) is 21.0. The predicted octanol–water partition coefficient (Wildman–Crippen LogP) is 1.30. The molecule has 1 aliphatic rings. The molecule has 0 spiro atoms. The predicted molar refractivity (Wildman–Crippen MR) is 53.3 cm³/mol. The number of nitrogens with zero attached hydrogens (tertiary/aromatic N) is 1. The first-order valence-corrected chi connectivity index (χ1v) is 4.40. The summed E-state index contributed by atoms with van der Waals surface area (Å²) in [6.07, 6.45) is 0.810. The van der Waals surface area contributed by atoms with Crippen LogP contribution in [0.4, 0.5) is 0 Å². The third kappa shape index (κ3) is 1.49. The number of nitrogens with one attached hydrogen (secondary N) is 1. The highest BCUT2D eigenvalue weighted by Crippen LogP contribution is 2.22. The lowest BCUT2D eigenvalue weighted by Gasteiger charge is -2.12. The number of hydrogen-bond donors (Lipinski definition) is 2. The third-order valence-corrected chi connectivity index (χ3v) is 2.34. The summed E-state index contributed by atoms with van der Waals surface area (Å²) in [6.45, 7) is 2.10. The van der Waals surface area contributed by atoms with Crippen LogP contribution in [0.25, 0.3) is 0 Å². The van der Waals surface area contributed by atoms with Crippen molar-refractivity contribution in [3.63, 3.8) is 0 Å². The molecule has 0 aromatic heterocycles. The van der Waals surface area contributed by atoms with Crippen molar-refractivity contribution >= 4 is 5.84 Å². The summed E-state index contributed by atoms with van der Waals surface area (Å²) in [7, 11) is 0. The van der Waals surface area contributed by atoms with Gasteiger partial charge in [0, 0.05) is 6.42 Å². The van der Waals surface area contributed by atoms with E-state index in [9.17, 15) is 0 Å². The lowest BCUT2D eigenvalue weighted by atomic mass is 10.00. The molecule has 1 atom stereocenters. The summed E-state index contributed by atoms with van der Waals surface area (Å²) in [6, 6.07) is 8.56. The van der Waals surface area contributed by atoms with E-state index in [2.05, 4.69) is 29.6 Å². The highest BCUT2D eigenvalue weighted by atomic mass is 15.3. The van der Waals surface area contributed by atoms with Crippen LogP contribution in [0.3, 0.4) is 0 Å². The maximum Gasteiger partial charge on any atom is 0.122 e. The molecule has 0 aliphatic carbocycles. The molecule has 1 aromatic carbocycles. The number of benzene rings is 1. The van der Waals surface area contributed by atoms with Crippen LogP contribution in [-0.2, 0) is 0 Å². The van der Waals surface area contributed by atoms with Crippen LogP contribution < -0.4 is 11.2 Å². The Kier molecular flexibility index (Phi) is 1.93. The minimum atomic E-state index is 0.265. The number of rotatable bonds is 1. The fourth-order valence-electron chi connectivity index (χ4n) is 1.62. The molecule has 1 heterocycles. The fourth-order valence-corrected chi connectivity index (χ4v) is 1.62. The van der Waals surface area contributed by atoms with Crippen molar-refractivity contribution in [1.82, 2.24) is 5.43 Å². The zero-order valence-corrected chi connectivity index (χ0v) is 7.62. The summed E-state index contributed by atoms with van der Waals surface area (Å²) < 4.78 is 0. The SMILES string of the molecule is Cc1ccccc1C1CC(N)=NN1. The number of hydrogen-bond acceptors (Lipinski definition) is 3. The molecule has 0 fully saturated rings. The van der Waals surface area contributed by atoms with Crippen molar-refractivity contribution in [2.24, 2.45) is 10.8 Å². The molecule has 0 saturated heterocycles. The van der Waals surface area contributed by atoms with Crippen LogP contribution in [0.2, 0.25) is 0 Å². The Hall–Kier alpha value is -1.51. The van der Waals surface area contributed by atoms with E-state index in [4.69, 9.17) is 5.73 Å². The first kappa shape index (κ1) is 8.10. The Morgan fingerprint density at radius 2 is 2.23 bits per heavy atom. The van der Waals surface area contributed by atoms with Crippen molar-refractivity contribution < 1.29 is 0 Å². The molecule has 0 saturated carbocycles. The molecule has 13 heavy (non-hydrogen) atoms. The number of nitrogens with two attached hydrogens (primary N) is 1. The van der Waals surface area contributed by atoms with Crippen molar-refractivity contribution in [2.45, 2.75) is 19.4 Å². The third-order valence-electron chi connectivity index (χ3n) is 2.34. The summed E-state index contributed by atoms with van der Waals surface area (Å²) in [5.41, 5.74) is 11.2. The van der Waals surface area contributed by atoms with Gasteiger partial charge >= 0.3 is 0 Å². The van der Waals surface area contributed by atoms with E-state index >= 15 is 0 Å². The average Bonchev–Trinajstić information content (AvgIpc) is 2.53. The Bertz CT molecular complexity index is 344. The second-order valence-electron chi connectivity index (χ2n) is 3.35. The van der Waals surface area contributed by atoms with Crippen LogP contribution in [0, 0.1) is 6.92 Å². The van der Waals surface area contributed by atoms with Crippen molar-refractivity contribution in [3.05, 3.63) is 35.4 Å². The summed E-state index contributed by atoms with van der Waals surface area (Å²) in [4.78, 5) is 0. The van der Waals surface area contributed by atoms with Gasteiger partial charge in [-0.15, -0.1) is 0 Å². The average molecular weight is 175 g/mol. The quantitative estimate of drug-likeness (QED) is 0.676. The van der Waals surface area contributed by atoms with Crippen molar-refractivity contribution in [2.75, 3.05) is 0 Å². The molecule has 1 unspecified atom stereocenters. The van der Waals surface area contributed by atoms with E-state index in [1.165, 1.54) is 11.1 Å². The highest BCUT2D eigenvalue weighted by molar-refractivity contribution is 5.82. The second-order valence-corrected chi connectivity index (χ2v) is 3.35. The maximum absolute atomic E-state index is 5.60. The summed E-state index contributed by atoms with van der Waals surface area (Å²) in [5.74, 6) is 0.688. The van der Waals surface area contributed by atoms with E-state index in [1.54, 1.807) is 0 Å². The smallest absolute Gasteiger partial charge is 0.122 e. The molecule has 68 valence electrons. The lowest BCUT2D eigenvalue weighted by molar-refractivity contribution is 0.616. The van der Waals surface area contributed by atoms with Crippen LogP contribution in [0.15, 0.2) is 29.4 Å². The monoisotopic (exact) mass is 175 g/mol. The van der Waals surface area contributed by atoms with Crippen LogP contribution in [0.1, 0.15) is 23.6 Å². The minimum absolute atomic E-state index is 0.265. The molecule has 2 rings (SSSR count). The van der Waals surface area contributed by atoms with Crippen LogP contribution in [-0.4, -0.2) is 5.84 Å². The van der Waals surface area contributed by atoms with E-state index in [0.717, 1.165) is 6.42 Å². The molecule has 0 radical (unpaired) electrons. The van der Waals surface area contributed by atoms with Gasteiger partial charge in [0.2, 0.25) is 0 Å². The van der Waals surface area contributed by atoms with Gasteiger partial charge in [-0.25, -0.2) is 0 Å². The standard InChI is InChI=1S/C10H13N3/c1-7-4-2-3-5-8(7)9-6-10(11)13-12-9/h2-5,9,12H,6H2,1H3,(H2,11,13). The minimum Gasteiger partial charge on any atom is -0.386 e. The first-order chi connectivity index (χ1) is 6.27. The maximum atomic E-state index is 5.60. The number of amidine groups is 1. The molecule has 1 aliphatic heterocycles. The summed E-state index contributed by atoms with van der Waals surface area (Å²) in [5, 5.41) is 3.98. The number of hydrazone groups is 1. The van der Waals surface area contributed by atoms with Gasteiger partial charge in [0.25, 0.3) is 0 Å². The largest absolute Gasteiger partial charge is 0.386 e. The van der Waals surface area contributed by atoms with Crippen molar-refractivity contribution in [1.29, 1.82) is 0 Å². The van der Waals surface area contributed by atoms with Gasteiger partial charge in [-0.3, -0.25) is 0 Å². The van der Waals surface area contributed by atoms with Crippen LogP contribution in [0.5, 0.6) is 0 Å². The van der Waals surface area contributed by atoms with Crippen molar-refractivity contribution in [3.8, 4) is 0 Å². The molecular weight excluding hydrogens is 162 g/mol. The molecule has 0 bridgehead atoms. The van der Waals surface area contributed by atoms with Gasteiger partial charge in [0.05, 0.1) is 6.04 Å². The summed E-state index contributed by atoms with van der Waals surface area (Å²) >= 11 is 0. The Morgan fingerprint density at radius 3 is 2.85 bits per heavy atom. The molecule has 1 aromatic rings. The van der Waals surface area contributed by atoms with E-state index < -0.39 is 0 Å².